The van der Waals surface area contributed by atoms with Gasteiger partial charge in [0.1, 0.15) is 6.04 Å². The molecule has 2 unspecified atom stereocenters. The molecule has 0 bridgehead atoms. The van der Waals surface area contributed by atoms with Crippen molar-refractivity contribution in [3.8, 4) is 0 Å². The van der Waals surface area contributed by atoms with Gasteiger partial charge in [-0.25, -0.2) is 0 Å². The highest BCUT2D eigenvalue weighted by molar-refractivity contribution is 7.12. The Morgan fingerprint density at radius 3 is 2.70 bits per heavy atom. The fourth-order valence-electron chi connectivity index (χ4n) is 3.17. The number of carboxylic acid groups (broad SMARTS) is 1. The Bertz CT molecular complexity index is 731. The summed E-state index contributed by atoms with van der Waals surface area (Å²) < 4.78 is 0. The van der Waals surface area contributed by atoms with Gasteiger partial charge in [-0.15, -0.1) is 11.3 Å². The topological polar surface area (TPSA) is 40.5 Å². The molecule has 0 spiro atoms. The zero-order chi connectivity index (χ0) is 16.6. The van der Waals surface area contributed by atoms with Crippen LogP contribution in [0.4, 0.5) is 0 Å². The highest BCUT2D eigenvalue weighted by Crippen LogP contribution is 2.39. The van der Waals surface area contributed by atoms with E-state index in [0.717, 1.165) is 23.4 Å². The predicted molar refractivity (Wildman–Crippen MR) is 94.7 cm³/mol. The van der Waals surface area contributed by atoms with Crippen LogP contribution >= 0.6 is 34.5 Å². The van der Waals surface area contributed by atoms with Crippen molar-refractivity contribution in [1.29, 1.82) is 0 Å². The summed E-state index contributed by atoms with van der Waals surface area (Å²) in [6.45, 7) is 2.82. The molecule has 3 nitrogen and oxygen atoms in total. The van der Waals surface area contributed by atoms with E-state index in [2.05, 4.69) is 24.0 Å². The smallest absolute Gasteiger partial charge is 0.320 e. The predicted octanol–water partition coefficient (Wildman–Crippen LogP) is 5.00. The molecule has 2 atom stereocenters. The molecule has 3 rings (SSSR count). The van der Waals surface area contributed by atoms with Crippen molar-refractivity contribution in [3.63, 3.8) is 0 Å². The summed E-state index contributed by atoms with van der Waals surface area (Å²) in [4.78, 5) is 16.0. The molecule has 0 saturated carbocycles. The number of nitrogens with zero attached hydrogens (tertiary/aromatic N) is 1. The molecule has 0 aliphatic carbocycles. The van der Waals surface area contributed by atoms with Crippen molar-refractivity contribution < 1.29 is 9.90 Å². The average Bonchev–Trinajstić information content (AvgIpc) is 3.13. The molecule has 2 aromatic rings. The Kier molecular flexibility index (Phi) is 4.97. The first kappa shape index (κ1) is 16.8. The molecule has 6 heteroatoms. The van der Waals surface area contributed by atoms with Crippen molar-refractivity contribution >= 4 is 40.5 Å². The summed E-state index contributed by atoms with van der Waals surface area (Å²) in [5.41, 5.74) is 0.981. The molecule has 0 radical (unpaired) electrons. The Morgan fingerprint density at radius 2 is 2.09 bits per heavy atom. The monoisotopic (exact) mass is 369 g/mol. The molecular formula is C17H17Cl2NO2S. The Morgan fingerprint density at radius 1 is 1.30 bits per heavy atom. The Hall–Kier alpha value is -1.07. The lowest BCUT2D eigenvalue weighted by atomic mass is 10.0. The fraction of sp³-hybridized carbons (Fsp3) is 0.353. The van der Waals surface area contributed by atoms with E-state index in [1.165, 1.54) is 4.88 Å². The van der Waals surface area contributed by atoms with Crippen molar-refractivity contribution in [2.45, 2.75) is 31.8 Å². The molecule has 1 aliphatic heterocycles. The van der Waals surface area contributed by atoms with Crippen LogP contribution in [0.2, 0.25) is 10.0 Å². The molecule has 122 valence electrons. The Balaban J connectivity index is 2.06. The van der Waals surface area contributed by atoms with Crippen LogP contribution in [0, 0.1) is 6.92 Å². The number of hydrogen-bond donors (Lipinski definition) is 1. The highest BCUT2D eigenvalue weighted by atomic mass is 35.5. The first-order valence-corrected chi connectivity index (χ1v) is 9.04. The van der Waals surface area contributed by atoms with E-state index in [1.807, 2.05) is 12.1 Å². The lowest BCUT2D eigenvalue weighted by molar-refractivity contribution is -0.142. The van der Waals surface area contributed by atoms with Gasteiger partial charge in [0.05, 0.1) is 16.1 Å². The third kappa shape index (κ3) is 3.41. The van der Waals surface area contributed by atoms with Crippen LogP contribution < -0.4 is 0 Å². The van der Waals surface area contributed by atoms with Gasteiger partial charge < -0.3 is 5.11 Å². The maximum atomic E-state index is 11.6. The largest absolute Gasteiger partial charge is 0.480 e. The van der Waals surface area contributed by atoms with Crippen LogP contribution in [-0.4, -0.2) is 28.6 Å². The van der Waals surface area contributed by atoms with Gasteiger partial charge in [0, 0.05) is 16.3 Å². The number of rotatable bonds is 4. The highest BCUT2D eigenvalue weighted by Gasteiger charge is 2.37. The summed E-state index contributed by atoms with van der Waals surface area (Å²) in [5, 5.41) is 10.5. The van der Waals surface area contributed by atoms with E-state index in [0.29, 0.717) is 16.5 Å². The summed E-state index contributed by atoms with van der Waals surface area (Å²) in [5.74, 6) is -0.763. The Labute approximate surface area is 149 Å². The molecule has 23 heavy (non-hydrogen) atoms. The average molecular weight is 370 g/mol. The molecule has 2 heterocycles. The molecule has 1 aromatic carbocycles. The molecule has 1 N–H and O–H groups in total. The van der Waals surface area contributed by atoms with Crippen LogP contribution in [0.25, 0.3) is 0 Å². The standard InChI is InChI=1S/C17H17Cl2NO2S/c1-10-4-7-15(23-10)16(11-5-6-12(18)13(19)9-11)20-8-2-3-14(20)17(21)22/h4-7,9,14,16H,2-3,8H2,1H3,(H,21,22). The van der Waals surface area contributed by atoms with Gasteiger partial charge in [-0.3, -0.25) is 9.69 Å². The van der Waals surface area contributed by atoms with E-state index in [-0.39, 0.29) is 6.04 Å². The molecular weight excluding hydrogens is 353 g/mol. The second-order valence-electron chi connectivity index (χ2n) is 5.76. The lowest BCUT2D eigenvalue weighted by Crippen LogP contribution is -2.39. The fourth-order valence-corrected chi connectivity index (χ4v) is 4.50. The van der Waals surface area contributed by atoms with Crippen LogP contribution in [0.5, 0.6) is 0 Å². The van der Waals surface area contributed by atoms with Crippen LogP contribution in [-0.2, 0) is 4.79 Å². The van der Waals surface area contributed by atoms with Crippen molar-refractivity contribution in [3.05, 3.63) is 55.7 Å². The number of carboxylic acids is 1. The molecule has 1 fully saturated rings. The lowest BCUT2D eigenvalue weighted by Gasteiger charge is -2.31. The zero-order valence-corrected chi connectivity index (χ0v) is 15.0. The number of thiophene rings is 1. The van der Waals surface area contributed by atoms with Crippen LogP contribution in [0.1, 0.15) is 34.2 Å². The van der Waals surface area contributed by atoms with E-state index in [1.54, 1.807) is 17.4 Å². The van der Waals surface area contributed by atoms with E-state index in [9.17, 15) is 9.90 Å². The zero-order valence-electron chi connectivity index (χ0n) is 12.6. The van der Waals surface area contributed by atoms with E-state index in [4.69, 9.17) is 23.2 Å². The SMILES string of the molecule is Cc1ccc(C(c2ccc(Cl)c(Cl)c2)N2CCCC2C(=O)O)s1. The summed E-state index contributed by atoms with van der Waals surface area (Å²) >= 11 is 13.9. The third-order valence-electron chi connectivity index (χ3n) is 4.20. The molecule has 1 aromatic heterocycles. The summed E-state index contributed by atoms with van der Waals surface area (Å²) in [7, 11) is 0. The minimum atomic E-state index is -0.763. The quantitative estimate of drug-likeness (QED) is 0.823. The summed E-state index contributed by atoms with van der Waals surface area (Å²) in [6.07, 6.45) is 1.57. The second-order valence-corrected chi connectivity index (χ2v) is 7.89. The van der Waals surface area contributed by atoms with Crippen molar-refractivity contribution in [2.24, 2.45) is 0 Å². The minimum absolute atomic E-state index is 0.105. The van der Waals surface area contributed by atoms with Gasteiger partial charge in [0.15, 0.2) is 0 Å². The van der Waals surface area contributed by atoms with Gasteiger partial charge in [0.2, 0.25) is 0 Å². The molecule has 0 amide bonds. The number of likely N-dealkylation sites (tertiary alicyclic amines) is 1. The maximum Gasteiger partial charge on any atom is 0.320 e. The number of aryl methyl sites for hydroxylation is 1. The number of aliphatic carboxylic acids is 1. The number of benzene rings is 1. The third-order valence-corrected chi connectivity index (χ3v) is 5.99. The number of hydrogen-bond acceptors (Lipinski definition) is 3. The summed E-state index contributed by atoms with van der Waals surface area (Å²) in [6, 6.07) is 9.13. The van der Waals surface area contributed by atoms with E-state index >= 15 is 0 Å². The first-order chi connectivity index (χ1) is 11.0. The minimum Gasteiger partial charge on any atom is -0.480 e. The van der Waals surface area contributed by atoms with Crippen molar-refractivity contribution in [1.82, 2.24) is 4.90 Å². The van der Waals surface area contributed by atoms with Gasteiger partial charge in [-0.05, 0) is 49.6 Å². The normalized spacial score (nSPS) is 19.9. The maximum absolute atomic E-state index is 11.6. The number of halogens is 2. The van der Waals surface area contributed by atoms with Gasteiger partial charge in [-0.1, -0.05) is 29.3 Å². The van der Waals surface area contributed by atoms with E-state index < -0.39 is 12.0 Å². The van der Waals surface area contributed by atoms with Gasteiger partial charge >= 0.3 is 5.97 Å². The van der Waals surface area contributed by atoms with Crippen LogP contribution in [0.15, 0.2) is 30.3 Å². The van der Waals surface area contributed by atoms with Crippen molar-refractivity contribution in [2.75, 3.05) is 6.54 Å². The number of carbonyl (C=O) groups is 1. The molecule has 1 aliphatic rings. The van der Waals surface area contributed by atoms with Crippen LogP contribution in [0.3, 0.4) is 0 Å². The van der Waals surface area contributed by atoms with Gasteiger partial charge in [0.25, 0.3) is 0 Å². The first-order valence-electron chi connectivity index (χ1n) is 7.47. The second kappa shape index (κ2) is 6.81. The molecule has 1 saturated heterocycles. The van der Waals surface area contributed by atoms with Gasteiger partial charge in [-0.2, -0.15) is 0 Å².